The van der Waals surface area contributed by atoms with Crippen molar-refractivity contribution in [3.63, 3.8) is 0 Å². The number of likely N-dealkylation sites (N-methyl/N-ethyl adjacent to an activating group) is 1. The lowest BCUT2D eigenvalue weighted by atomic mass is 10.3. The van der Waals surface area contributed by atoms with Crippen LogP contribution in [0.1, 0.15) is 5.69 Å². The average molecular weight is 254 g/mol. The number of rotatable bonds is 3. The number of pyridine rings is 1. The third-order valence-electron chi connectivity index (χ3n) is 2.14. The number of H-pyrrole nitrogens is 1. The topological polar surface area (TPSA) is 40.7 Å². The highest BCUT2D eigenvalue weighted by Crippen LogP contribution is 2.17. The van der Waals surface area contributed by atoms with Crippen molar-refractivity contribution in [2.75, 3.05) is 13.6 Å². The molecule has 74 valence electrons. The van der Waals surface area contributed by atoms with Crippen molar-refractivity contribution < 1.29 is 0 Å². The van der Waals surface area contributed by atoms with Crippen molar-refractivity contribution in [1.82, 2.24) is 15.3 Å². The largest absolute Gasteiger partial charge is 0.357 e. The van der Waals surface area contributed by atoms with E-state index in [0.29, 0.717) is 0 Å². The van der Waals surface area contributed by atoms with Crippen LogP contribution in [-0.2, 0) is 6.42 Å². The summed E-state index contributed by atoms with van der Waals surface area (Å²) in [5.41, 5.74) is 3.34. The smallest absolute Gasteiger partial charge is 0.0882 e. The van der Waals surface area contributed by atoms with E-state index in [0.717, 1.165) is 28.5 Å². The van der Waals surface area contributed by atoms with Gasteiger partial charge in [0.25, 0.3) is 0 Å². The lowest BCUT2D eigenvalue weighted by Crippen LogP contribution is -2.10. The summed E-state index contributed by atoms with van der Waals surface area (Å²) in [6.07, 6.45) is 2.82. The average Bonchev–Trinajstić information content (AvgIpc) is 2.56. The number of aromatic nitrogens is 2. The van der Waals surface area contributed by atoms with Crippen molar-refractivity contribution in [2.24, 2.45) is 0 Å². The Morgan fingerprint density at radius 1 is 1.50 bits per heavy atom. The Kier molecular flexibility index (Phi) is 2.84. The zero-order chi connectivity index (χ0) is 9.97. The highest BCUT2D eigenvalue weighted by Gasteiger charge is 2.01. The van der Waals surface area contributed by atoms with Gasteiger partial charge >= 0.3 is 0 Å². The van der Waals surface area contributed by atoms with Crippen LogP contribution >= 0.6 is 15.9 Å². The molecule has 0 radical (unpaired) electrons. The van der Waals surface area contributed by atoms with E-state index in [1.54, 1.807) is 0 Å². The number of nitrogens with one attached hydrogen (secondary N) is 2. The Morgan fingerprint density at radius 2 is 2.36 bits per heavy atom. The first-order valence-corrected chi connectivity index (χ1v) is 5.36. The van der Waals surface area contributed by atoms with Gasteiger partial charge in [-0.3, -0.25) is 4.98 Å². The van der Waals surface area contributed by atoms with Crippen LogP contribution in [0, 0.1) is 0 Å². The number of aromatic amines is 1. The zero-order valence-corrected chi connectivity index (χ0v) is 9.56. The summed E-state index contributed by atoms with van der Waals surface area (Å²) < 4.78 is 1.01. The molecule has 0 aromatic carbocycles. The van der Waals surface area contributed by atoms with E-state index >= 15 is 0 Å². The van der Waals surface area contributed by atoms with E-state index < -0.39 is 0 Å². The molecule has 0 spiro atoms. The molecular formula is C10H12BrN3. The molecule has 0 saturated heterocycles. The van der Waals surface area contributed by atoms with Gasteiger partial charge in [0.2, 0.25) is 0 Å². The first kappa shape index (κ1) is 9.68. The quantitative estimate of drug-likeness (QED) is 0.880. The predicted octanol–water partition coefficient (Wildman–Crippen LogP) is 2.09. The second-order valence-electron chi connectivity index (χ2n) is 3.23. The van der Waals surface area contributed by atoms with E-state index in [1.165, 1.54) is 5.69 Å². The van der Waals surface area contributed by atoms with Gasteiger partial charge in [0.1, 0.15) is 0 Å². The predicted molar refractivity (Wildman–Crippen MR) is 61.4 cm³/mol. The van der Waals surface area contributed by atoms with Crippen LogP contribution in [0.5, 0.6) is 0 Å². The third-order valence-corrected chi connectivity index (χ3v) is 2.57. The van der Waals surface area contributed by atoms with E-state index in [2.05, 4.69) is 37.3 Å². The highest BCUT2D eigenvalue weighted by atomic mass is 79.9. The van der Waals surface area contributed by atoms with Crippen LogP contribution in [0.15, 0.2) is 22.8 Å². The molecule has 0 saturated carbocycles. The molecule has 0 aliphatic carbocycles. The zero-order valence-electron chi connectivity index (χ0n) is 7.97. The van der Waals surface area contributed by atoms with Crippen LogP contribution in [-0.4, -0.2) is 23.6 Å². The summed E-state index contributed by atoms with van der Waals surface area (Å²) in [5.74, 6) is 0. The Balaban J connectivity index is 2.32. The van der Waals surface area contributed by atoms with Gasteiger partial charge in [0.15, 0.2) is 0 Å². The first-order chi connectivity index (χ1) is 6.79. The maximum Gasteiger partial charge on any atom is 0.0882 e. The molecule has 0 aliphatic heterocycles. The number of halogens is 1. The van der Waals surface area contributed by atoms with Gasteiger partial charge in [-0.25, -0.2) is 0 Å². The van der Waals surface area contributed by atoms with Crippen molar-refractivity contribution in [3.8, 4) is 0 Å². The van der Waals surface area contributed by atoms with Gasteiger partial charge in [0.05, 0.1) is 11.0 Å². The second-order valence-corrected chi connectivity index (χ2v) is 4.15. The van der Waals surface area contributed by atoms with E-state index in [9.17, 15) is 0 Å². The fourth-order valence-corrected chi connectivity index (χ4v) is 1.76. The normalized spacial score (nSPS) is 11.0. The lowest BCUT2D eigenvalue weighted by molar-refractivity contribution is 0.781. The Hall–Kier alpha value is -0.870. The molecule has 0 fully saturated rings. The monoisotopic (exact) mass is 253 g/mol. The minimum absolute atomic E-state index is 0.980. The number of hydrogen-bond donors (Lipinski definition) is 2. The molecule has 2 aromatic heterocycles. The van der Waals surface area contributed by atoms with Gasteiger partial charge in [-0.05, 0) is 35.1 Å². The van der Waals surface area contributed by atoms with Crippen molar-refractivity contribution >= 4 is 27.0 Å². The van der Waals surface area contributed by atoms with Gasteiger partial charge < -0.3 is 10.3 Å². The molecule has 14 heavy (non-hydrogen) atoms. The van der Waals surface area contributed by atoms with Crippen LogP contribution in [0.2, 0.25) is 0 Å². The number of fused-ring (bicyclic) bond motifs is 1. The van der Waals surface area contributed by atoms with Crippen LogP contribution in [0.3, 0.4) is 0 Å². The van der Waals surface area contributed by atoms with Crippen molar-refractivity contribution in [3.05, 3.63) is 28.5 Å². The summed E-state index contributed by atoms with van der Waals surface area (Å²) in [4.78, 5) is 7.65. The van der Waals surface area contributed by atoms with Gasteiger partial charge in [0, 0.05) is 29.3 Å². The molecule has 0 amide bonds. The maximum absolute atomic E-state index is 4.31. The fourth-order valence-electron chi connectivity index (χ4n) is 1.43. The fraction of sp³-hybridized carbons (Fsp3) is 0.300. The Bertz CT molecular complexity index is 436. The molecule has 2 aromatic rings. The molecule has 0 atom stereocenters. The molecule has 4 heteroatoms. The Morgan fingerprint density at radius 3 is 3.14 bits per heavy atom. The highest BCUT2D eigenvalue weighted by molar-refractivity contribution is 9.10. The van der Waals surface area contributed by atoms with E-state index in [1.807, 2.05) is 19.3 Å². The minimum Gasteiger partial charge on any atom is -0.357 e. The van der Waals surface area contributed by atoms with Gasteiger partial charge in [-0.2, -0.15) is 0 Å². The molecular weight excluding hydrogens is 242 g/mol. The second kappa shape index (κ2) is 4.11. The molecule has 0 bridgehead atoms. The number of hydrogen-bond acceptors (Lipinski definition) is 2. The molecule has 3 nitrogen and oxygen atoms in total. The van der Waals surface area contributed by atoms with Crippen LogP contribution in [0.25, 0.3) is 11.0 Å². The summed E-state index contributed by atoms with van der Waals surface area (Å²) >= 11 is 3.40. The number of nitrogens with zero attached hydrogens (tertiary/aromatic N) is 1. The molecule has 0 unspecified atom stereocenters. The van der Waals surface area contributed by atoms with E-state index in [-0.39, 0.29) is 0 Å². The molecule has 0 aliphatic rings. The van der Waals surface area contributed by atoms with Crippen LogP contribution in [0.4, 0.5) is 0 Å². The molecule has 2 heterocycles. The molecule has 2 rings (SSSR count). The summed E-state index contributed by atoms with van der Waals surface area (Å²) in [7, 11) is 1.96. The maximum atomic E-state index is 4.31. The third kappa shape index (κ3) is 1.96. The van der Waals surface area contributed by atoms with Crippen LogP contribution < -0.4 is 5.32 Å². The van der Waals surface area contributed by atoms with Gasteiger partial charge in [-0.15, -0.1) is 0 Å². The van der Waals surface area contributed by atoms with Crippen molar-refractivity contribution in [2.45, 2.75) is 6.42 Å². The minimum atomic E-state index is 0.980. The standard InChI is InChI=1S/C10H12BrN3/c1-12-3-2-8-5-9-10(14-8)4-7(11)6-13-9/h4-6,12,14H,2-3H2,1H3. The van der Waals surface area contributed by atoms with E-state index in [4.69, 9.17) is 0 Å². The summed E-state index contributed by atoms with van der Waals surface area (Å²) in [6.45, 7) is 0.980. The first-order valence-electron chi connectivity index (χ1n) is 4.57. The summed E-state index contributed by atoms with van der Waals surface area (Å²) in [5, 5.41) is 3.12. The molecule has 2 N–H and O–H groups in total. The SMILES string of the molecule is CNCCc1cc2ncc(Br)cc2[nH]1. The van der Waals surface area contributed by atoms with Gasteiger partial charge in [-0.1, -0.05) is 0 Å². The lowest BCUT2D eigenvalue weighted by Gasteiger charge is -1.94. The Labute approximate surface area is 91.1 Å². The van der Waals surface area contributed by atoms with Crippen molar-refractivity contribution in [1.29, 1.82) is 0 Å². The summed E-state index contributed by atoms with van der Waals surface area (Å²) in [6, 6.07) is 4.14.